The van der Waals surface area contributed by atoms with Gasteiger partial charge in [-0.2, -0.15) is 0 Å². The van der Waals surface area contributed by atoms with Crippen LogP contribution in [0.5, 0.6) is 0 Å². The van der Waals surface area contributed by atoms with E-state index in [4.69, 9.17) is 4.74 Å². The maximum atomic E-state index is 12.3. The Labute approximate surface area is 165 Å². The predicted octanol–water partition coefficient (Wildman–Crippen LogP) is 5.06. The molecule has 1 aliphatic heterocycles. The molecule has 1 fully saturated rings. The van der Waals surface area contributed by atoms with Gasteiger partial charge in [-0.25, -0.2) is 4.79 Å². The van der Waals surface area contributed by atoms with Crippen molar-refractivity contribution in [2.45, 2.75) is 54.6 Å². The first-order chi connectivity index (χ1) is 12.8. The number of hydrogen-bond acceptors (Lipinski definition) is 4. The molecule has 1 saturated heterocycles. The molecule has 1 aliphatic rings. The first-order valence-corrected chi connectivity index (χ1v) is 10.1. The summed E-state index contributed by atoms with van der Waals surface area (Å²) >= 11 is 1.66. The molecule has 0 spiro atoms. The molecule has 1 amide bonds. The number of ether oxygens (including phenoxy) is 1. The monoisotopic (exact) mass is 385 g/mol. The van der Waals surface area contributed by atoms with Gasteiger partial charge >= 0.3 is 6.09 Å². The smallest absolute Gasteiger partial charge is 0.410 e. The molecule has 0 aliphatic carbocycles. The average molecular weight is 386 g/mol. The van der Waals surface area contributed by atoms with Crippen LogP contribution in [0.1, 0.15) is 39.2 Å². The molecule has 3 rings (SSSR count). The third kappa shape index (κ3) is 5.05. The van der Waals surface area contributed by atoms with Crippen LogP contribution in [0.2, 0.25) is 0 Å². The Bertz CT molecular complexity index is 778. The van der Waals surface area contributed by atoms with Gasteiger partial charge in [-0.05, 0) is 57.4 Å². The van der Waals surface area contributed by atoms with E-state index in [1.54, 1.807) is 16.7 Å². The van der Waals surface area contributed by atoms with Crippen LogP contribution in [0.15, 0.2) is 64.4 Å². The van der Waals surface area contributed by atoms with Crippen molar-refractivity contribution in [2.24, 2.45) is 0 Å². The van der Waals surface area contributed by atoms with Crippen LogP contribution < -0.4 is 0 Å². The standard InChI is InChI=1S/C22H27NO3S/c1-21(2,3)26-20(24)23-15-13-22(25,14-16-23)18-11-7-8-12-19(18)27-17-9-5-4-6-10-17/h4-12,25H,13-16H2,1-3H3. The number of amides is 1. The zero-order chi connectivity index (χ0) is 19.5. The minimum absolute atomic E-state index is 0.309. The van der Waals surface area contributed by atoms with E-state index in [1.165, 1.54) is 0 Å². The van der Waals surface area contributed by atoms with E-state index in [1.807, 2.05) is 63.2 Å². The summed E-state index contributed by atoms with van der Waals surface area (Å²) in [5.41, 5.74) is -0.511. The quantitative estimate of drug-likeness (QED) is 0.803. The van der Waals surface area contributed by atoms with E-state index in [2.05, 4.69) is 12.1 Å². The van der Waals surface area contributed by atoms with Gasteiger partial charge in [-0.1, -0.05) is 48.2 Å². The van der Waals surface area contributed by atoms with E-state index < -0.39 is 11.2 Å². The van der Waals surface area contributed by atoms with Gasteiger partial charge in [0.15, 0.2) is 0 Å². The molecular weight excluding hydrogens is 358 g/mol. The van der Waals surface area contributed by atoms with Crippen molar-refractivity contribution in [1.29, 1.82) is 0 Å². The minimum Gasteiger partial charge on any atom is -0.444 e. The summed E-state index contributed by atoms with van der Waals surface area (Å²) in [5.74, 6) is 0. The Morgan fingerprint density at radius 1 is 1.04 bits per heavy atom. The molecule has 2 aromatic carbocycles. The van der Waals surface area contributed by atoms with Crippen LogP contribution >= 0.6 is 11.8 Å². The number of benzene rings is 2. The molecule has 0 radical (unpaired) electrons. The fraction of sp³-hybridized carbons (Fsp3) is 0.409. The molecular formula is C22H27NO3S. The summed E-state index contributed by atoms with van der Waals surface area (Å²) in [6, 6.07) is 18.2. The fourth-order valence-corrected chi connectivity index (χ4v) is 4.27. The number of carbonyl (C=O) groups is 1. The van der Waals surface area contributed by atoms with Crippen molar-refractivity contribution in [1.82, 2.24) is 4.90 Å². The first kappa shape index (κ1) is 19.8. The maximum absolute atomic E-state index is 12.3. The summed E-state index contributed by atoms with van der Waals surface area (Å²) in [6.07, 6.45) is 0.688. The van der Waals surface area contributed by atoms with Gasteiger partial charge in [-0.15, -0.1) is 0 Å². The number of piperidine rings is 1. The number of likely N-dealkylation sites (tertiary alicyclic amines) is 1. The number of nitrogens with zero attached hydrogens (tertiary/aromatic N) is 1. The summed E-state index contributed by atoms with van der Waals surface area (Å²) < 4.78 is 5.46. The van der Waals surface area contributed by atoms with Crippen molar-refractivity contribution < 1.29 is 14.6 Å². The van der Waals surface area contributed by atoms with E-state index in [0.717, 1.165) is 15.4 Å². The SMILES string of the molecule is CC(C)(C)OC(=O)N1CCC(O)(c2ccccc2Sc2ccccc2)CC1. The van der Waals surface area contributed by atoms with Gasteiger partial charge in [0.2, 0.25) is 0 Å². The number of rotatable bonds is 3. The van der Waals surface area contributed by atoms with E-state index in [9.17, 15) is 9.90 Å². The third-order valence-corrected chi connectivity index (χ3v) is 5.69. The summed E-state index contributed by atoms with van der Waals surface area (Å²) in [5, 5.41) is 11.3. The highest BCUT2D eigenvalue weighted by atomic mass is 32.2. The van der Waals surface area contributed by atoms with Crippen molar-refractivity contribution in [3.8, 4) is 0 Å². The lowest BCUT2D eigenvalue weighted by atomic mass is 9.84. The van der Waals surface area contributed by atoms with E-state index in [-0.39, 0.29) is 6.09 Å². The predicted molar refractivity (Wildman–Crippen MR) is 108 cm³/mol. The van der Waals surface area contributed by atoms with Gasteiger partial charge in [0.05, 0.1) is 5.60 Å². The molecule has 4 nitrogen and oxygen atoms in total. The second-order valence-electron chi connectivity index (χ2n) is 7.91. The zero-order valence-corrected chi connectivity index (χ0v) is 17.0. The van der Waals surface area contributed by atoms with Gasteiger partial charge in [0, 0.05) is 22.9 Å². The number of aliphatic hydroxyl groups is 1. The molecule has 1 N–H and O–H groups in total. The Kier molecular flexibility index (Phi) is 5.82. The Balaban J connectivity index is 1.73. The topological polar surface area (TPSA) is 49.8 Å². The molecule has 27 heavy (non-hydrogen) atoms. The molecule has 1 heterocycles. The second-order valence-corrected chi connectivity index (χ2v) is 9.03. The largest absolute Gasteiger partial charge is 0.444 e. The number of carbonyl (C=O) groups excluding carboxylic acids is 1. The third-order valence-electron chi connectivity index (χ3n) is 4.60. The van der Waals surface area contributed by atoms with Crippen LogP contribution in [0.3, 0.4) is 0 Å². The molecule has 0 aromatic heterocycles. The molecule has 144 valence electrons. The zero-order valence-electron chi connectivity index (χ0n) is 16.1. The fourth-order valence-electron chi connectivity index (χ4n) is 3.21. The van der Waals surface area contributed by atoms with Crippen molar-refractivity contribution in [3.05, 3.63) is 60.2 Å². The second kappa shape index (κ2) is 7.95. The van der Waals surface area contributed by atoms with Gasteiger partial charge in [0.25, 0.3) is 0 Å². The Hall–Kier alpha value is -1.98. The number of hydrogen-bond donors (Lipinski definition) is 1. The highest BCUT2D eigenvalue weighted by Gasteiger charge is 2.38. The van der Waals surface area contributed by atoms with Gasteiger partial charge in [0.1, 0.15) is 5.60 Å². The van der Waals surface area contributed by atoms with Crippen LogP contribution in [0, 0.1) is 0 Å². The molecule has 5 heteroatoms. The molecule has 0 atom stereocenters. The first-order valence-electron chi connectivity index (χ1n) is 9.30. The lowest BCUT2D eigenvalue weighted by molar-refractivity contribution is -0.0371. The maximum Gasteiger partial charge on any atom is 0.410 e. The highest BCUT2D eigenvalue weighted by molar-refractivity contribution is 7.99. The van der Waals surface area contributed by atoms with Crippen LogP contribution in [0.25, 0.3) is 0 Å². The van der Waals surface area contributed by atoms with E-state index >= 15 is 0 Å². The lowest BCUT2D eigenvalue weighted by Crippen LogP contribution is -2.47. The van der Waals surface area contributed by atoms with Crippen LogP contribution in [0.4, 0.5) is 4.79 Å². The van der Waals surface area contributed by atoms with Crippen molar-refractivity contribution in [3.63, 3.8) is 0 Å². The Morgan fingerprint density at radius 3 is 2.26 bits per heavy atom. The van der Waals surface area contributed by atoms with Gasteiger partial charge < -0.3 is 14.7 Å². The summed E-state index contributed by atoms with van der Waals surface area (Å²) in [6.45, 7) is 6.55. The van der Waals surface area contributed by atoms with Crippen molar-refractivity contribution in [2.75, 3.05) is 13.1 Å². The summed E-state index contributed by atoms with van der Waals surface area (Å²) in [4.78, 5) is 16.2. The van der Waals surface area contributed by atoms with Crippen molar-refractivity contribution >= 4 is 17.9 Å². The van der Waals surface area contributed by atoms with E-state index in [0.29, 0.717) is 25.9 Å². The Morgan fingerprint density at radius 2 is 1.63 bits per heavy atom. The van der Waals surface area contributed by atoms with Crippen LogP contribution in [-0.2, 0) is 10.3 Å². The minimum atomic E-state index is -0.934. The molecule has 2 aromatic rings. The lowest BCUT2D eigenvalue weighted by Gasteiger charge is -2.39. The normalized spacial score (nSPS) is 16.8. The highest BCUT2D eigenvalue weighted by Crippen LogP contribution is 2.40. The van der Waals surface area contributed by atoms with Crippen LogP contribution in [-0.4, -0.2) is 34.8 Å². The average Bonchev–Trinajstić information content (AvgIpc) is 2.62. The summed E-state index contributed by atoms with van der Waals surface area (Å²) in [7, 11) is 0. The molecule has 0 saturated carbocycles. The molecule has 0 bridgehead atoms. The molecule has 0 unspecified atom stereocenters. The van der Waals surface area contributed by atoms with Gasteiger partial charge in [-0.3, -0.25) is 0 Å².